The molecule has 0 aromatic heterocycles. The fourth-order valence-electron chi connectivity index (χ4n) is 4.86. The van der Waals surface area contributed by atoms with Crippen LogP contribution < -0.4 is 5.32 Å². The van der Waals surface area contributed by atoms with E-state index in [-0.39, 0.29) is 0 Å². The molecule has 0 amide bonds. The van der Waals surface area contributed by atoms with E-state index in [0.29, 0.717) is 17.6 Å². The molecule has 2 heteroatoms. The molecule has 0 saturated carbocycles. The van der Waals surface area contributed by atoms with Gasteiger partial charge in [-0.05, 0) is 90.7 Å². The Morgan fingerprint density at radius 1 is 0.966 bits per heavy atom. The standard InChI is InChI=1S/C27H31NO/c1-3-28-17-16-20-8-10-21(11-9-20)27-25-15-13-23(29)18-22(25)12-14-26(27)24-7-5-4-6-19(24)2/h4-11,13,15,18,26-29H,3,12,14,16-17H2,1-2H3/t26-,27-/m1/s1. The molecule has 29 heavy (non-hydrogen) atoms. The predicted molar refractivity (Wildman–Crippen MR) is 121 cm³/mol. The fourth-order valence-corrected chi connectivity index (χ4v) is 4.86. The van der Waals surface area contributed by atoms with Crippen LogP contribution in [-0.4, -0.2) is 18.2 Å². The molecule has 0 radical (unpaired) electrons. The summed E-state index contributed by atoms with van der Waals surface area (Å²) in [5, 5.41) is 13.4. The molecular weight excluding hydrogens is 354 g/mol. The summed E-state index contributed by atoms with van der Waals surface area (Å²) in [6.07, 6.45) is 3.18. The van der Waals surface area contributed by atoms with E-state index < -0.39 is 0 Å². The van der Waals surface area contributed by atoms with Crippen molar-refractivity contribution in [3.8, 4) is 5.75 Å². The highest BCUT2D eigenvalue weighted by molar-refractivity contribution is 5.48. The van der Waals surface area contributed by atoms with Crippen molar-refractivity contribution in [2.24, 2.45) is 0 Å². The minimum absolute atomic E-state index is 0.322. The minimum Gasteiger partial charge on any atom is -0.508 e. The Hall–Kier alpha value is -2.58. The first-order chi connectivity index (χ1) is 14.2. The van der Waals surface area contributed by atoms with Crippen LogP contribution in [0.15, 0.2) is 66.7 Å². The van der Waals surface area contributed by atoms with E-state index in [1.807, 2.05) is 12.1 Å². The Labute approximate surface area is 174 Å². The van der Waals surface area contributed by atoms with Gasteiger partial charge in [-0.2, -0.15) is 0 Å². The number of likely N-dealkylation sites (N-methyl/N-ethyl adjacent to an activating group) is 1. The molecule has 0 spiro atoms. The van der Waals surface area contributed by atoms with Crippen molar-refractivity contribution in [1.29, 1.82) is 0 Å². The van der Waals surface area contributed by atoms with Crippen LogP contribution in [0.4, 0.5) is 0 Å². The van der Waals surface area contributed by atoms with Gasteiger partial charge in [0, 0.05) is 5.92 Å². The van der Waals surface area contributed by atoms with Crippen molar-refractivity contribution < 1.29 is 5.11 Å². The SMILES string of the molecule is CCNCCc1ccc([C@@H]2c3ccc(O)cc3CC[C@@H]2c2ccccc2C)cc1. The van der Waals surface area contributed by atoms with Gasteiger partial charge in [-0.15, -0.1) is 0 Å². The third kappa shape index (κ3) is 4.23. The molecule has 2 N–H and O–H groups in total. The third-order valence-corrected chi connectivity index (χ3v) is 6.36. The highest BCUT2D eigenvalue weighted by Gasteiger charge is 2.32. The first kappa shape index (κ1) is 19.7. The molecule has 4 rings (SSSR count). The topological polar surface area (TPSA) is 32.3 Å². The number of phenols is 1. The van der Waals surface area contributed by atoms with E-state index in [9.17, 15) is 5.11 Å². The van der Waals surface area contributed by atoms with Crippen molar-refractivity contribution in [1.82, 2.24) is 5.32 Å². The second kappa shape index (κ2) is 8.84. The maximum atomic E-state index is 10.0. The van der Waals surface area contributed by atoms with Gasteiger partial charge in [0.1, 0.15) is 5.75 Å². The fraction of sp³-hybridized carbons (Fsp3) is 0.333. The monoisotopic (exact) mass is 385 g/mol. The summed E-state index contributed by atoms with van der Waals surface area (Å²) in [5.41, 5.74) is 8.22. The van der Waals surface area contributed by atoms with Crippen LogP contribution in [0.3, 0.4) is 0 Å². The van der Waals surface area contributed by atoms with Crippen LogP contribution in [0.1, 0.15) is 58.6 Å². The molecule has 0 saturated heterocycles. The Morgan fingerprint density at radius 3 is 2.52 bits per heavy atom. The number of nitrogens with one attached hydrogen (secondary N) is 1. The Morgan fingerprint density at radius 2 is 1.76 bits per heavy atom. The average Bonchev–Trinajstić information content (AvgIpc) is 2.74. The van der Waals surface area contributed by atoms with Gasteiger partial charge in [-0.25, -0.2) is 0 Å². The first-order valence-corrected chi connectivity index (χ1v) is 10.8. The first-order valence-electron chi connectivity index (χ1n) is 10.8. The summed E-state index contributed by atoms with van der Waals surface area (Å²) in [5.74, 6) is 1.15. The number of rotatable bonds is 6. The largest absolute Gasteiger partial charge is 0.508 e. The molecule has 0 aliphatic heterocycles. The smallest absolute Gasteiger partial charge is 0.115 e. The normalized spacial score (nSPS) is 18.4. The predicted octanol–water partition coefficient (Wildman–Crippen LogP) is 5.71. The zero-order valence-electron chi connectivity index (χ0n) is 17.5. The summed E-state index contributed by atoms with van der Waals surface area (Å²) >= 11 is 0. The third-order valence-electron chi connectivity index (χ3n) is 6.36. The highest BCUT2D eigenvalue weighted by atomic mass is 16.3. The molecule has 1 aliphatic rings. The lowest BCUT2D eigenvalue weighted by Gasteiger charge is -2.35. The second-order valence-corrected chi connectivity index (χ2v) is 8.21. The minimum atomic E-state index is 0.322. The number of hydrogen-bond donors (Lipinski definition) is 2. The van der Waals surface area contributed by atoms with Crippen LogP contribution in [0.5, 0.6) is 5.75 Å². The van der Waals surface area contributed by atoms with Crippen molar-refractivity contribution in [2.75, 3.05) is 13.1 Å². The van der Waals surface area contributed by atoms with Gasteiger partial charge in [0.15, 0.2) is 0 Å². The molecule has 2 atom stereocenters. The Bertz CT molecular complexity index is 961. The summed E-state index contributed by atoms with van der Waals surface area (Å²) in [4.78, 5) is 0. The van der Waals surface area contributed by atoms with Gasteiger partial charge in [0.05, 0.1) is 0 Å². The van der Waals surface area contributed by atoms with E-state index in [4.69, 9.17) is 0 Å². The number of aryl methyl sites for hydroxylation is 2. The highest BCUT2D eigenvalue weighted by Crippen LogP contribution is 2.47. The molecule has 2 nitrogen and oxygen atoms in total. The lowest BCUT2D eigenvalue weighted by molar-refractivity contribution is 0.469. The van der Waals surface area contributed by atoms with Crippen LogP contribution in [0.25, 0.3) is 0 Å². The van der Waals surface area contributed by atoms with Crippen LogP contribution in [0, 0.1) is 6.92 Å². The second-order valence-electron chi connectivity index (χ2n) is 8.21. The zero-order valence-corrected chi connectivity index (χ0v) is 17.5. The number of hydrogen-bond acceptors (Lipinski definition) is 2. The summed E-state index contributed by atoms with van der Waals surface area (Å²) < 4.78 is 0. The van der Waals surface area contributed by atoms with Crippen molar-refractivity contribution in [3.63, 3.8) is 0 Å². The number of benzene rings is 3. The van der Waals surface area contributed by atoms with Crippen LogP contribution in [-0.2, 0) is 12.8 Å². The Kier molecular flexibility index (Phi) is 6.01. The van der Waals surface area contributed by atoms with E-state index >= 15 is 0 Å². The quantitative estimate of drug-likeness (QED) is 0.532. The van der Waals surface area contributed by atoms with Crippen molar-refractivity contribution in [3.05, 3.63) is 100 Å². The number of phenolic OH excluding ortho intramolecular Hbond substituents is 1. The number of aromatic hydroxyl groups is 1. The van der Waals surface area contributed by atoms with Gasteiger partial charge in [0.25, 0.3) is 0 Å². The lowest BCUT2D eigenvalue weighted by Crippen LogP contribution is -2.21. The number of fused-ring (bicyclic) bond motifs is 1. The summed E-state index contributed by atoms with van der Waals surface area (Å²) in [6, 6.07) is 24.0. The molecule has 150 valence electrons. The van der Waals surface area contributed by atoms with E-state index in [1.54, 1.807) is 0 Å². The van der Waals surface area contributed by atoms with Crippen LogP contribution >= 0.6 is 0 Å². The zero-order chi connectivity index (χ0) is 20.2. The van der Waals surface area contributed by atoms with Crippen LogP contribution in [0.2, 0.25) is 0 Å². The molecule has 3 aromatic rings. The molecule has 0 heterocycles. The van der Waals surface area contributed by atoms with E-state index in [1.165, 1.54) is 33.4 Å². The van der Waals surface area contributed by atoms with Gasteiger partial charge >= 0.3 is 0 Å². The van der Waals surface area contributed by atoms with Gasteiger partial charge in [-0.1, -0.05) is 61.5 Å². The maximum absolute atomic E-state index is 10.0. The molecule has 3 aromatic carbocycles. The maximum Gasteiger partial charge on any atom is 0.115 e. The van der Waals surface area contributed by atoms with Crippen molar-refractivity contribution >= 4 is 0 Å². The van der Waals surface area contributed by atoms with Gasteiger partial charge in [0.2, 0.25) is 0 Å². The molecule has 1 aliphatic carbocycles. The van der Waals surface area contributed by atoms with Gasteiger partial charge in [-0.3, -0.25) is 0 Å². The molecule has 0 unspecified atom stereocenters. The summed E-state index contributed by atoms with van der Waals surface area (Å²) in [7, 11) is 0. The lowest BCUT2D eigenvalue weighted by atomic mass is 9.68. The Balaban J connectivity index is 1.72. The van der Waals surface area contributed by atoms with Crippen molar-refractivity contribution in [2.45, 2.75) is 44.9 Å². The molecule has 0 bridgehead atoms. The van der Waals surface area contributed by atoms with Gasteiger partial charge < -0.3 is 10.4 Å². The summed E-state index contributed by atoms with van der Waals surface area (Å²) in [6.45, 7) is 6.41. The average molecular weight is 386 g/mol. The van der Waals surface area contributed by atoms with E-state index in [0.717, 1.165) is 32.4 Å². The van der Waals surface area contributed by atoms with E-state index in [2.05, 4.69) is 73.8 Å². The molecular formula is C27H31NO. The molecule has 0 fully saturated rings.